The molecular weight excluding hydrogens is 182 g/mol. The molecule has 1 aliphatic heterocycles. The molecule has 3 saturated carbocycles. The van der Waals surface area contributed by atoms with Gasteiger partial charge in [-0.05, 0) is 67.9 Å². The molecule has 1 nitrogen and oxygen atoms in total. The van der Waals surface area contributed by atoms with Crippen molar-refractivity contribution >= 4 is 0 Å². The predicted octanol–water partition coefficient (Wildman–Crippen LogP) is 3.16. The van der Waals surface area contributed by atoms with E-state index in [1.165, 1.54) is 38.5 Å². The second-order valence-corrected chi connectivity index (χ2v) is 5.65. The van der Waals surface area contributed by atoms with Gasteiger partial charge in [0.15, 0.2) is 0 Å². The van der Waals surface area contributed by atoms with Crippen LogP contribution in [0.2, 0.25) is 0 Å². The first-order valence-electron chi connectivity index (χ1n) is 6.47. The van der Waals surface area contributed by atoms with E-state index in [4.69, 9.17) is 0 Å². The zero-order chi connectivity index (χ0) is 9.83. The van der Waals surface area contributed by atoms with Crippen LogP contribution in [0.4, 0.5) is 0 Å². The van der Waals surface area contributed by atoms with Crippen molar-refractivity contribution in [2.75, 3.05) is 0 Å². The molecule has 0 spiro atoms. The van der Waals surface area contributed by atoms with Crippen molar-refractivity contribution in [2.45, 2.75) is 38.5 Å². The average molecular weight is 200 g/mol. The van der Waals surface area contributed by atoms with Gasteiger partial charge in [0.25, 0.3) is 0 Å². The molecule has 0 saturated heterocycles. The summed E-state index contributed by atoms with van der Waals surface area (Å²) in [6.45, 7) is 0. The van der Waals surface area contributed by atoms with Crippen molar-refractivity contribution in [3.8, 4) is 0 Å². The fraction of sp³-hybridized carbons (Fsp3) is 0.643. The molecule has 3 fully saturated rings. The number of dihydropyridines is 1. The summed E-state index contributed by atoms with van der Waals surface area (Å²) in [6.07, 6.45) is 13.4. The Hall–Kier alpha value is -0.720. The van der Waals surface area contributed by atoms with Crippen LogP contribution in [-0.2, 0) is 0 Å². The number of rotatable bonds is 3. The third-order valence-corrected chi connectivity index (χ3v) is 4.02. The molecule has 0 aromatic heterocycles. The standard InChI is InChI=1S/C14H18N/c1-2-9(1)12-7-13(10-3-4-10)15-14(8-12)11-5-6-11/h7-11,15H,1-6H2. The smallest absolute Gasteiger partial charge is 0.0857 e. The molecule has 3 aliphatic carbocycles. The van der Waals surface area contributed by atoms with Crippen LogP contribution in [0.1, 0.15) is 38.5 Å². The van der Waals surface area contributed by atoms with Crippen LogP contribution in [0, 0.1) is 23.8 Å². The van der Waals surface area contributed by atoms with Crippen LogP contribution in [0.15, 0.2) is 23.4 Å². The van der Waals surface area contributed by atoms with Gasteiger partial charge in [0, 0.05) is 5.70 Å². The maximum absolute atomic E-state index is 3.69. The Kier molecular flexibility index (Phi) is 1.63. The Labute approximate surface area is 91.6 Å². The lowest BCUT2D eigenvalue weighted by atomic mass is 9.98. The average Bonchev–Trinajstić information content (AvgIpc) is 3.20. The molecule has 15 heavy (non-hydrogen) atoms. The summed E-state index contributed by atoms with van der Waals surface area (Å²) in [5.74, 6) is 2.66. The second-order valence-electron chi connectivity index (χ2n) is 5.65. The first-order chi connectivity index (χ1) is 7.40. The minimum atomic E-state index is 0.876. The predicted molar refractivity (Wildman–Crippen MR) is 60.7 cm³/mol. The van der Waals surface area contributed by atoms with Gasteiger partial charge < -0.3 is 5.32 Å². The molecule has 0 bridgehead atoms. The van der Waals surface area contributed by atoms with Crippen molar-refractivity contribution in [3.05, 3.63) is 29.5 Å². The molecule has 0 atom stereocenters. The number of hydrogen-bond acceptors (Lipinski definition) is 1. The van der Waals surface area contributed by atoms with E-state index in [-0.39, 0.29) is 0 Å². The van der Waals surface area contributed by atoms with E-state index in [1.807, 2.05) is 0 Å². The summed E-state index contributed by atoms with van der Waals surface area (Å²) < 4.78 is 0. The molecule has 1 radical (unpaired) electrons. The largest absolute Gasteiger partial charge is 0.376 e. The van der Waals surface area contributed by atoms with E-state index in [2.05, 4.69) is 17.5 Å². The van der Waals surface area contributed by atoms with Crippen molar-refractivity contribution in [3.63, 3.8) is 0 Å². The van der Waals surface area contributed by atoms with Gasteiger partial charge in [0.2, 0.25) is 0 Å². The van der Waals surface area contributed by atoms with E-state index in [1.54, 1.807) is 17.3 Å². The van der Waals surface area contributed by atoms with Crippen LogP contribution in [0.25, 0.3) is 0 Å². The minimum absolute atomic E-state index is 0.876. The van der Waals surface area contributed by atoms with Gasteiger partial charge in [0.05, 0.1) is 6.04 Å². The fourth-order valence-corrected chi connectivity index (χ4v) is 2.52. The van der Waals surface area contributed by atoms with Crippen LogP contribution < -0.4 is 5.32 Å². The normalized spacial score (nSPS) is 32.0. The molecule has 79 valence electrons. The number of nitrogens with one attached hydrogen (secondary N) is 1. The summed E-state index contributed by atoms with van der Waals surface area (Å²) in [7, 11) is 0. The Bertz CT molecular complexity index is 340. The molecule has 1 N–H and O–H groups in total. The molecule has 0 aromatic carbocycles. The van der Waals surface area contributed by atoms with Gasteiger partial charge in [-0.25, -0.2) is 0 Å². The zero-order valence-electron chi connectivity index (χ0n) is 9.13. The summed E-state index contributed by atoms with van der Waals surface area (Å²) in [5.41, 5.74) is 3.18. The van der Waals surface area contributed by atoms with Crippen molar-refractivity contribution < 1.29 is 0 Å². The van der Waals surface area contributed by atoms with E-state index >= 15 is 0 Å². The maximum atomic E-state index is 3.69. The first kappa shape index (κ1) is 8.43. The van der Waals surface area contributed by atoms with Crippen LogP contribution >= 0.6 is 0 Å². The molecule has 4 aliphatic rings. The molecule has 1 heterocycles. The summed E-state index contributed by atoms with van der Waals surface area (Å²) in [6, 6.07) is 1.54. The highest BCUT2D eigenvalue weighted by Gasteiger charge is 2.38. The van der Waals surface area contributed by atoms with Gasteiger partial charge in [0.1, 0.15) is 0 Å². The highest BCUT2D eigenvalue weighted by Crippen LogP contribution is 2.47. The first-order valence-corrected chi connectivity index (χ1v) is 6.47. The summed E-state index contributed by atoms with van der Waals surface area (Å²) >= 11 is 0. The van der Waals surface area contributed by atoms with E-state index in [0.29, 0.717) is 0 Å². The van der Waals surface area contributed by atoms with Crippen LogP contribution in [0.5, 0.6) is 0 Å². The lowest BCUT2D eigenvalue weighted by molar-refractivity contribution is 0.684. The fourth-order valence-electron chi connectivity index (χ4n) is 2.52. The van der Waals surface area contributed by atoms with E-state index < -0.39 is 0 Å². The number of allylic oxidation sites excluding steroid dienone is 3. The van der Waals surface area contributed by atoms with Gasteiger partial charge in [-0.1, -0.05) is 6.08 Å². The quantitative estimate of drug-likeness (QED) is 0.738. The zero-order valence-corrected chi connectivity index (χ0v) is 9.13. The van der Waals surface area contributed by atoms with Crippen molar-refractivity contribution in [2.24, 2.45) is 17.8 Å². The monoisotopic (exact) mass is 200 g/mol. The van der Waals surface area contributed by atoms with Gasteiger partial charge >= 0.3 is 0 Å². The van der Waals surface area contributed by atoms with Crippen LogP contribution in [0.3, 0.4) is 0 Å². The third kappa shape index (κ3) is 1.62. The summed E-state index contributed by atoms with van der Waals surface area (Å²) in [4.78, 5) is 0. The molecule has 4 rings (SSSR count). The molecule has 0 amide bonds. The molecule has 0 aromatic rings. The lowest BCUT2D eigenvalue weighted by Gasteiger charge is -2.23. The Morgan fingerprint density at radius 1 is 0.800 bits per heavy atom. The lowest BCUT2D eigenvalue weighted by Crippen LogP contribution is -2.25. The second kappa shape index (κ2) is 2.90. The van der Waals surface area contributed by atoms with E-state index in [0.717, 1.165) is 17.8 Å². The highest BCUT2D eigenvalue weighted by atomic mass is 15.0. The topological polar surface area (TPSA) is 12.0 Å². The molecule has 1 heteroatoms. The SMILES string of the molecule is C1=C(C2CC2)C=C(C2CC2)N[C]1C1CC1. The summed E-state index contributed by atoms with van der Waals surface area (Å²) in [5, 5.41) is 3.69. The Morgan fingerprint density at radius 2 is 1.47 bits per heavy atom. The van der Waals surface area contributed by atoms with Gasteiger partial charge in [-0.15, -0.1) is 0 Å². The Balaban J connectivity index is 1.61. The Morgan fingerprint density at radius 3 is 2.07 bits per heavy atom. The number of hydrogen-bond donors (Lipinski definition) is 1. The molecule has 0 unspecified atom stereocenters. The maximum Gasteiger partial charge on any atom is 0.0857 e. The van der Waals surface area contributed by atoms with Crippen LogP contribution in [-0.4, -0.2) is 0 Å². The van der Waals surface area contributed by atoms with Gasteiger partial charge in [-0.3, -0.25) is 0 Å². The minimum Gasteiger partial charge on any atom is -0.376 e. The van der Waals surface area contributed by atoms with Crippen molar-refractivity contribution in [1.29, 1.82) is 0 Å². The molecular formula is C14H18N. The van der Waals surface area contributed by atoms with Crippen molar-refractivity contribution in [1.82, 2.24) is 5.32 Å². The third-order valence-electron chi connectivity index (χ3n) is 4.02. The highest BCUT2D eigenvalue weighted by molar-refractivity contribution is 5.41. The van der Waals surface area contributed by atoms with E-state index in [9.17, 15) is 0 Å². The van der Waals surface area contributed by atoms with Gasteiger partial charge in [-0.2, -0.15) is 0 Å².